The van der Waals surface area contributed by atoms with Gasteiger partial charge < -0.3 is 9.84 Å². The summed E-state index contributed by atoms with van der Waals surface area (Å²) in [4.78, 5) is 21.3. The lowest BCUT2D eigenvalue weighted by Crippen LogP contribution is -2.26. The van der Waals surface area contributed by atoms with E-state index in [2.05, 4.69) is 25.9 Å². The van der Waals surface area contributed by atoms with E-state index < -0.39 is 11.9 Å². The van der Waals surface area contributed by atoms with Gasteiger partial charge in [0.2, 0.25) is 0 Å². The van der Waals surface area contributed by atoms with E-state index in [1.54, 1.807) is 16.5 Å². The highest BCUT2D eigenvalue weighted by Gasteiger charge is 2.27. The Morgan fingerprint density at radius 2 is 2.14 bits per heavy atom. The van der Waals surface area contributed by atoms with Crippen LogP contribution in [0.3, 0.4) is 0 Å². The second-order valence-electron chi connectivity index (χ2n) is 5.75. The Hall–Kier alpha value is -2.91. The van der Waals surface area contributed by atoms with E-state index in [0.717, 1.165) is 6.07 Å². The quantitative estimate of drug-likeness (QED) is 0.446. The Bertz CT molecular complexity index is 1230. The van der Waals surface area contributed by atoms with Crippen LogP contribution >= 0.6 is 27.5 Å². The molecule has 1 N–H and O–H groups in total. The SMILES string of the molecule is COc1cc2c(cc1Br)nc(N(C(=O)O)c1c(F)cccc1Cl)c1cncn12. The fraction of sp³-hybridized carbons (Fsp3) is 0.0556. The van der Waals surface area contributed by atoms with Crippen molar-refractivity contribution in [3.63, 3.8) is 0 Å². The molecule has 2 aromatic carbocycles. The summed E-state index contributed by atoms with van der Waals surface area (Å²) < 4.78 is 22.1. The summed E-state index contributed by atoms with van der Waals surface area (Å²) in [6, 6.07) is 7.36. The fourth-order valence-electron chi connectivity index (χ4n) is 2.95. The first kappa shape index (κ1) is 18.5. The summed E-state index contributed by atoms with van der Waals surface area (Å²) in [7, 11) is 1.53. The van der Waals surface area contributed by atoms with Crippen molar-refractivity contribution in [1.82, 2.24) is 14.4 Å². The van der Waals surface area contributed by atoms with Gasteiger partial charge in [0, 0.05) is 6.07 Å². The highest BCUT2D eigenvalue weighted by atomic mass is 79.9. The molecule has 2 heterocycles. The van der Waals surface area contributed by atoms with Gasteiger partial charge in [0.25, 0.3) is 0 Å². The molecule has 0 atom stereocenters. The minimum absolute atomic E-state index is 0.0263. The molecule has 142 valence electrons. The number of amides is 1. The van der Waals surface area contributed by atoms with Crippen molar-refractivity contribution in [1.29, 1.82) is 0 Å². The van der Waals surface area contributed by atoms with Gasteiger partial charge in [-0.25, -0.2) is 24.1 Å². The van der Waals surface area contributed by atoms with Crippen LogP contribution in [0.2, 0.25) is 5.02 Å². The zero-order valence-corrected chi connectivity index (χ0v) is 16.6. The summed E-state index contributed by atoms with van der Waals surface area (Å²) in [5.74, 6) is -0.240. The molecule has 0 bridgehead atoms. The molecular weight excluding hydrogens is 455 g/mol. The van der Waals surface area contributed by atoms with Crippen molar-refractivity contribution < 1.29 is 19.0 Å². The van der Waals surface area contributed by atoms with Gasteiger partial charge in [-0.15, -0.1) is 0 Å². The maximum absolute atomic E-state index is 14.5. The number of para-hydroxylation sites is 1. The van der Waals surface area contributed by atoms with Crippen molar-refractivity contribution in [3.8, 4) is 5.75 Å². The minimum atomic E-state index is -1.44. The largest absolute Gasteiger partial charge is 0.495 e. The summed E-state index contributed by atoms with van der Waals surface area (Å²) >= 11 is 9.50. The highest BCUT2D eigenvalue weighted by Crippen LogP contribution is 2.38. The van der Waals surface area contributed by atoms with E-state index in [-0.39, 0.29) is 16.5 Å². The molecule has 0 spiro atoms. The molecule has 1 amide bonds. The van der Waals surface area contributed by atoms with E-state index in [1.807, 2.05) is 0 Å². The maximum Gasteiger partial charge on any atom is 0.417 e. The number of fused-ring (bicyclic) bond motifs is 3. The molecule has 0 aliphatic carbocycles. The number of halogens is 3. The Morgan fingerprint density at radius 1 is 1.36 bits per heavy atom. The van der Waals surface area contributed by atoms with Crippen molar-refractivity contribution in [3.05, 3.63) is 58.2 Å². The van der Waals surface area contributed by atoms with E-state index in [4.69, 9.17) is 16.3 Å². The first-order chi connectivity index (χ1) is 13.4. The number of imidazole rings is 1. The number of hydrogen-bond donors (Lipinski definition) is 1. The van der Waals surface area contributed by atoms with E-state index in [1.165, 1.54) is 31.8 Å². The standard InChI is InChI=1S/C18H11BrClFN4O3/c1-28-15-6-13-12(5-9(15)19)23-17(14-7-22-8-24(13)14)25(18(26)27)16-10(20)3-2-4-11(16)21/h2-8H,1H3,(H,26,27). The lowest BCUT2D eigenvalue weighted by molar-refractivity contribution is 0.204. The zero-order valence-electron chi connectivity index (χ0n) is 14.2. The van der Waals surface area contributed by atoms with Gasteiger partial charge in [-0.1, -0.05) is 17.7 Å². The second-order valence-corrected chi connectivity index (χ2v) is 7.01. The number of carbonyl (C=O) groups is 1. The molecule has 0 fully saturated rings. The predicted octanol–water partition coefficient (Wildman–Crippen LogP) is 5.26. The second kappa shape index (κ2) is 6.92. The Kier molecular flexibility index (Phi) is 4.56. The van der Waals surface area contributed by atoms with Crippen LogP contribution in [0.25, 0.3) is 16.6 Å². The van der Waals surface area contributed by atoms with Gasteiger partial charge in [0.1, 0.15) is 22.8 Å². The number of hydrogen-bond acceptors (Lipinski definition) is 4. The van der Waals surface area contributed by atoms with Gasteiger partial charge >= 0.3 is 6.09 Å². The molecule has 0 saturated carbocycles. The summed E-state index contributed by atoms with van der Waals surface area (Å²) in [6.45, 7) is 0. The van der Waals surface area contributed by atoms with E-state index in [0.29, 0.717) is 31.7 Å². The average molecular weight is 466 g/mol. The van der Waals surface area contributed by atoms with Crippen LogP contribution in [0.15, 0.2) is 47.3 Å². The Labute approximate surface area is 171 Å². The first-order valence-corrected chi connectivity index (χ1v) is 9.06. The van der Waals surface area contributed by atoms with Crippen LogP contribution in [0.5, 0.6) is 5.75 Å². The lowest BCUT2D eigenvalue weighted by Gasteiger charge is -2.21. The summed E-state index contributed by atoms with van der Waals surface area (Å²) in [5, 5.41) is 9.78. The number of methoxy groups -OCH3 is 1. The normalized spacial score (nSPS) is 11.1. The Morgan fingerprint density at radius 3 is 2.82 bits per heavy atom. The van der Waals surface area contributed by atoms with Crippen LogP contribution in [0.1, 0.15) is 0 Å². The molecule has 7 nitrogen and oxygen atoms in total. The number of carboxylic acid groups (broad SMARTS) is 1. The molecule has 4 rings (SSSR count). The third kappa shape index (κ3) is 2.83. The molecule has 0 aliphatic heterocycles. The highest BCUT2D eigenvalue weighted by molar-refractivity contribution is 9.10. The third-order valence-electron chi connectivity index (χ3n) is 4.17. The van der Waals surface area contributed by atoms with Gasteiger partial charge in [0.05, 0.1) is 40.2 Å². The molecule has 0 unspecified atom stereocenters. The van der Waals surface area contributed by atoms with Crippen molar-refractivity contribution >= 4 is 61.7 Å². The molecule has 4 aromatic rings. The number of benzene rings is 2. The van der Waals surface area contributed by atoms with E-state index in [9.17, 15) is 14.3 Å². The topological polar surface area (TPSA) is 80.0 Å². The van der Waals surface area contributed by atoms with Crippen LogP contribution in [-0.2, 0) is 0 Å². The van der Waals surface area contributed by atoms with E-state index >= 15 is 0 Å². The fourth-order valence-corrected chi connectivity index (χ4v) is 3.69. The number of anilines is 2. The number of nitrogens with zero attached hydrogens (tertiary/aromatic N) is 4. The number of rotatable bonds is 3. The number of aromatic nitrogens is 3. The zero-order chi connectivity index (χ0) is 20.0. The van der Waals surface area contributed by atoms with Crippen molar-refractivity contribution in [2.45, 2.75) is 0 Å². The minimum Gasteiger partial charge on any atom is -0.495 e. The van der Waals surface area contributed by atoms with Crippen LogP contribution in [0.4, 0.5) is 20.7 Å². The molecule has 10 heteroatoms. The van der Waals surface area contributed by atoms with Gasteiger partial charge in [0.15, 0.2) is 5.82 Å². The smallest absolute Gasteiger partial charge is 0.417 e. The lowest BCUT2D eigenvalue weighted by atomic mass is 10.2. The van der Waals surface area contributed by atoms with Crippen molar-refractivity contribution in [2.24, 2.45) is 0 Å². The summed E-state index contributed by atoms with van der Waals surface area (Å²) in [5.41, 5.74) is 1.14. The van der Waals surface area contributed by atoms with Crippen LogP contribution in [0, 0.1) is 5.82 Å². The predicted molar refractivity (Wildman–Crippen MR) is 106 cm³/mol. The summed E-state index contributed by atoms with van der Waals surface area (Å²) in [6.07, 6.45) is 1.52. The maximum atomic E-state index is 14.5. The first-order valence-electron chi connectivity index (χ1n) is 7.88. The molecular formula is C18H11BrClFN4O3. The van der Waals surface area contributed by atoms with Gasteiger partial charge in [-0.2, -0.15) is 0 Å². The monoisotopic (exact) mass is 464 g/mol. The third-order valence-corrected chi connectivity index (χ3v) is 5.09. The van der Waals surface area contributed by atoms with Crippen LogP contribution < -0.4 is 9.64 Å². The molecule has 2 aromatic heterocycles. The van der Waals surface area contributed by atoms with Crippen molar-refractivity contribution in [2.75, 3.05) is 12.0 Å². The molecule has 0 saturated heterocycles. The number of ether oxygens (including phenoxy) is 1. The van der Waals surface area contributed by atoms with Gasteiger partial charge in [-0.3, -0.25) is 4.40 Å². The van der Waals surface area contributed by atoms with Crippen LogP contribution in [-0.4, -0.2) is 32.7 Å². The average Bonchev–Trinajstić information content (AvgIpc) is 3.13. The molecule has 0 aliphatic rings. The molecule has 0 radical (unpaired) electrons. The van der Waals surface area contributed by atoms with Gasteiger partial charge in [-0.05, 0) is 34.1 Å². The molecule has 28 heavy (non-hydrogen) atoms. The Balaban J connectivity index is 2.08.